The number of aromatic amines is 1. The first-order chi connectivity index (χ1) is 19.2. The molecular weight excluding hydrogens is 549 g/mol. The Morgan fingerprint density at radius 2 is 1.90 bits per heavy atom. The van der Waals surface area contributed by atoms with Crippen molar-refractivity contribution in [3.8, 4) is 5.75 Å². The molecule has 0 spiro atoms. The van der Waals surface area contributed by atoms with Crippen molar-refractivity contribution in [1.29, 1.82) is 0 Å². The summed E-state index contributed by atoms with van der Waals surface area (Å²) in [4.78, 5) is 65.5. The second kappa shape index (κ2) is 13.0. The van der Waals surface area contributed by atoms with Gasteiger partial charge in [0.2, 0.25) is 11.8 Å². The Morgan fingerprint density at radius 3 is 2.56 bits per heavy atom. The van der Waals surface area contributed by atoms with E-state index in [1.807, 2.05) is 6.92 Å². The molecule has 3 amide bonds. The Balaban J connectivity index is 1.65. The minimum Gasteiger partial charge on any atom is -0.493 e. The Kier molecular flexibility index (Phi) is 10.00. The number of piperidine rings is 1. The fraction of sp³-hybridized carbons (Fsp3) is 0.519. The third kappa shape index (κ3) is 7.76. The van der Waals surface area contributed by atoms with Crippen LogP contribution < -0.4 is 20.7 Å². The van der Waals surface area contributed by atoms with Crippen molar-refractivity contribution in [1.82, 2.24) is 20.9 Å². The maximum Gasteiger partial charge on any atom is 0.404 e. The van der Waals surface area contributed by atoms with Crippen LogP contribution in [0.1, 0.15) is 50.5 Å². The lowest BCUT2D eigenvalue weighted by atomic mass is 9.90. The molecule has 0 unspecified atom stereocenters. The normalized spacial score (nSPS) is 16.4. The first-order valence-corrected chi connectivity index (χ1v) is 13.1. The predicted octanol–water partition coefficient (Wildman–Crippen LogP) is 2.40. The molecule has 0 bridgehead atoms. The first kappa shape index (κ1) is 31.4. The molecule has 2 atom stereocenters. The summed E-state index contributed by atoms with van der Waals surface area (Å²) in [7, 11) is 0. The van der Waals surface area contributed by atoms with Gasteiger partial charge in [-0.1, -0.05) is 6.07 Å². The number of Topliss-reactive ketones (excluding diaryl/α,β-unsaturated/α-hetero) is 1. The molecule has 0 aliphatic carbocycles. The fourth-order valence-corrected chi connectivity index (χ4v) is 4.18. The number of H-pyrrole nitrogens is 1. The number of aromatic nitrogens is 1. The SMILES string of the molecule is CCOc1cccc2[nH]c(C(=O)NCC(=O)N[C@@H](C[C@@H]3CCCNC3=O)C(=O)COC(=O)C(C)(C)C(F)(F)F)cc12. The van der Waals surface area contributed by atoms with Gasteiger partial charge in [-0.25, -0.2) is 0 Å². The number of carbonyl (C=O) groups is 5. The maximum atomic E-state index is 13.1. The first-order valence-electron chi connectivity index (χ1n) is 13.1. The van der Waals surface area contributed by atoms with Crippen LogP contribution in [0.2, 0.25) is 0 Å². The number of esters is 1. The second-order valence-corrected chi connectivity index (χ2v) is 10.2. The Labute approximate surface area is 233 Å². The van der Waals surface area contributed by atoms with Crippen LogP contribution in [0.15, 0.2) is 24.3 Å². The Hall–Kier alpha value is -4.10. The molecule has 11 nitrogen and oxygen atoms in total. The molecule has 1 aromatic carbocycles. The number of ketones is 1. The third-order valence-electron chi connectivity index (χ3n) is 6.79. The van der Waals surface area contributed by atoms with Crippen molar-refractivity contribution in [3.05, 3.63) is 30.0 Å². The van der Waals surface area contributed by atoms with Crippen LogP contribution >= 0.6 is 0 Å². The summed E-state index contributed by atoms with van der Waals surface area (Å²) in [6.07, 6.45) is -4.01. The van der Waals surface area contributed by atoms with Crippen LogP contribution in [0.4, 0.5) is 13.2 Å². The summed E-state index contributed by atoms with van der Waals surface area (Å²) in [5, 5.41) is 8.17. The van der Waals surface area contributed by atoms with E-state index < -0.39 is 60.3 Å². The van der Waals surface area contributed by atoms with Crippen molar-refractivity contribution < 1.29 is 46.6 Å². The van der Waals surface area contributed by atoms with E-state index in [1.54, 1.807) is 24.3 Å². The molecule has 1 saturated heterocycles. The summed E-state index contributed by atoms with van der Waals surface area (Å²) in [6.45, 7) is 2.36. The molecule has 0 saturated carbocycles. The predicted molar refractivity (Wildman–Crippen MR) is 140 cm³/mol. The van der Waals surface area contributed by atoms with E-state index in [-0.39, 0.29) is 18.0 Å². The van der Waals surface area contributed by atoms with Crippen molar-refractivity contribution in [3.63, 3.8) is 0 Å². The van der Waals surface area contributed by atoms with E-state index in [9.17, 15) is 37.1 Å². The molecule has 2 heterocycles. The van der Waals surface area contributed by atoms with Crippen molar-refractivity contribution in [2.24, 2.45) is 11.3 Å². The van der Waals surface area contributed by atoms with Gasteiger partial charge in [-0.15, -0.1) is 0 Å². The number of alkyl halides is 3. The van der Waals surface area contributed by atoms with Gasteiger partial charge in [-0.2, -0.15) is 13.2 Å². The largest absolute Gasteiger partial charge is 0.493 e. The minimum absolute atomic E-state index is 0.158. The average Bonchev–Trinajstić information content (AvgIpc) is 3.36. The number of halogens is 3. The standard InChI is InChI=1S/C27H33F3N4O7/c1-4-40-21-9-5-8-17-16(21)12-19(33-17)24(38)32-13-22(36)34-18(11-15-7-6-10-31-23(15)37)20(35)14-41-25(39)26(2,3)27(28,29)30/h5,8-9,12,15,18,33H,4,6-7,10-11,13-14H2,1-3H3,(H,31,37)(H,32,38)(H,34,36)/t15-,18-/m0/s1. The Bertz CT molecular complexity index is 1310. The molecule has 41 heavy (non-hydrogen) atoms. The van der Waals surface area contributed by atoms with E-state index >= 15 is 0 Å². The third-order valence-corrected chi connectivity index (χ3v) is 6.79. The lowest BCUT2D eigenvalue weighted by Gasteiger charge is -2.27. The molecular formula is C27H33F3N4O7. The minimum atomic E-state index is -4.91. The van der Waals surface area contributed by atoms with Gasteiger partial charge in [0.1, 0.15) is 11.4 Å². The van der Waals surface area contributed by atoms with Gasteiger partial charge in [-0.3, -0.25) is 24.0 Å². The lowest BCUT2D eigenvalue weighted by molar-refractivity contribution is -0.224. The number of hydrogen-bond donors (Lipinski definition) is 4. The van der Waals surface area contributed by atoms with Gasteiger partial charge < -0.3 is 30.4 Å². The highest BCUT2D eigenvalue weighted by molar-refractivity contribution is 6.01. The highest BCUT2D eigenvalue weighted by Crippen LogP contribution is 2.38. The van der Waals surface area contributed by atoms with Crippen molar-refractivity contribution >= 4 is 40.4 Å². The summed E-state index contributed by atoms with van der Waals surface area (Å²) in [5.74, 6) is -4.37. The van der Waals surface area contributed by atoms with Gasteiger partial charge in [-0.05, 0) is 58.2 Å². The highest BCUT2D eigenvalue weighted by Gasteiger charge is 2.54. The molecule has 1 aliphatic heterocycles. The maximum absolute atomic E-state index is 13.1. The zero-order chi connectivity index (χ0) is 30.4. The summed E-state index contributed by atoms with van der Waals surface area (Å²) in [6, 6.07) is 5.47. The molecule has 3 rings (SSSR count). The number of rotatable bonds is 12. The molecule has 2 aromatic rings. The molecule has 224 valence electrons. The Morgan fingerprint density at radius 1 is 1.17 bits per heavy atom. The van der Waals surface area contributed by atoms with Crippen LogP contribution in [0.3, 0.4) is 0 Å². The summed E-state index contributed by atoms with van der Waals surface area (Å²) >= 11 is 0. The van der Waals surface area contributed by atoms with Gasteiger partial charge in [0.15, 0.2) is 17.8 Å². The summed E-state index contributed by atoms with van der Waals surface area (Å²) < 4.78 is 49.6. The number of nitrogens with one attached hydrogen (secondary N) is 4. The number of benzene rings is 1. The molecule has 1 aliphatic rings. The van der Waals surface area contributed by atoms with Crippen molar-refractivity contribution in [2.45, 2.75) is 52.3 Å². The van der Waals surface area contributed by atoms with E-state index in [0.29, 0.717) is 56.5 Å². The lowest BCUT2D eigenvalue weighted by Crippen LogP contribution is -2.50. The van der Waals surface area contributed by atoms with E-state index in [4.69, 9.17) is 4.74 Å². The van der Waals surface area contributed by atoms with E-state index in [1.165, 1.54) is 0 Å². The van der Waals surface area contributed by atoms with E-state index in [0.717, 1.165) is 0 Å². The quantitative estimate of drug-likeness (QED) is 0.280. The highest BCUT2D eigenvalue weighted by atomic mass is 19.4. The number of carbonyl (C=O) groups excluding carboxylic acids is 5. The van der Waals surface area contributed by atoms with Crippen LogP contribution in [-0.2, 0) is 23.9 Å². The monoisotopic (exact) mass is 582 g/mol. The number of fused-ring (bicyclic) bond motifs is 1. The average molecular weight is 583 g/mol. The van der Waals surface area contributed by atoms with Gasteiger partial charge in [0.25, 0.3) is 5.91 Å². The molecule has 1 aromatic heterocycles. The number of hydrogen-bond acceptors (Lipinski definition) is 7. The van der Waals surface area contributed by atoms with Crippen LogP contribution in [0, 0.1) is 11.3 Å². The molecule has 14 heteroatoms. The smallest absolute Gasteiger partial charge is 0.404 e. The van der Waals surface area contributed by atoms with Crippen LogP contribution in [-0.4, -0.2) is 73.0 Å². The molecule has 0 radical (unpaired) electrons. The molecule has 1 fully saturated rings. The van der Waals surface area contributed by atoms with Gasteiger partial charge in [0.05, 0.1) is 19.2 Å². The zero-order valence-corrected chi connectivity index (χ0v) is 22.9. The van der Waals surface area contributed by atoms with Crippen LogP contribution in [0.25, 0.3) is 10.9 Å². The second-order valence-electron chi connectivity index (χ2n) is 10.2. The summed E-state index contributed by atoms with van der Waals surface area (Å²) in [5.41, 5.74) is -2.05. The number of ether oxygens (including phenoxy) is 2. The van der Waals surface area contributed by atoms with Crippen LogP contribution in [0.5, 0.6) is 5.75 Å². The topological polar surface area (TPSA) is 156 Å². The van der Waals surface area contributed by atoms with Gasteiger partial charge in [0, 0.05) is 23.4 Å². The van der Waals surface area contributed by atoms with Crippen molar-refractivity contribution in [2.75, 3.05) is 26.3 Å². The zero-order valence-electron chi connectivity index (χ0n) is 22.9. The number of amides is 3. The van der Waals surface area contributed by atoms with E-state index in [2.05, 4.69) is 25.7 Å². The fourth-order valence-electron chi connectivity index (χ4n) is 4.18. The van der Waals surface area contributed by atoms with Gasteiger partial charge >= 0.3 is 12.1 Å². The molecule has 4 N–H and O–H groups in total.